The van der Waals surface area contributed by atoms with E-state index >= 15 is 0 Å². The Kier molecular flexibility index (Phi) is 3.50. The summed E-state index contributed by atoms with van der Waals surface area (Å²) in [5.74, 6) is 0.899. The second kappa shape index (κ2) is 5.14. The van der Waals surface area contributed by atoms with Gasteiger partial charge in [0.15, 0.2) is 0 Å². The van der Waals surface area contributed by atoms with E-state index in [9.17, 15) is 5.11 Å². The highest BCUT2D eigenvalue weighted by Crippen LogP contribution is 2.43. The van der Waals surface area contributed by atoms with E-state index in [-0.39, 0.29) is 0 Å². The maximum Gasteiger partial charge on any atom is 0.119 e. The first-order valence-corrected chi connectivity index (χ1v) is 7.44. The van der Waals surface area contributed by atoms with Gasteiger partial charge in [0.05, 0.1) is 6.61 Å². The lowest BCUT2D eigenvalue weighted by atomic mass is 9.85. The molecule has 19 heavy (non-hydrogen) atoms. The molecule has 0 bridgehead atoms. The van der Waals surface area contributed by atoms with Gasteiger partial charge in [-0.2, -0.15) is 0 Å². The monoisotopic (exact) mass is 261 g/mol. The predicted octanol–water partition coefficient (Wildman–Crippen LogP) is 2.53. The normalized spacial score (nSPS) is 30.5. The quantitative estimate of drug-likeness (QED) is 0.904. The molecule has 1 N–H and O–H groups in total. The summed E-state index contributed by atoms with van der Waals surface area (Å²) >= 11 is 0. The van der Waals surface area contributed by atoms with Crippen molar-refractivity contribution < 1.29 is 9.84 Å². The van der Waals surface area contributed by atoms with Crippen molar-refractivity contribution in [3.63, 3.8) is 0 Å². The molecule has 0 amide bonds. The first kappa shape index (κ1) is 12.9. The topological polar surface area (TPSA) is 32.7 Å². The highest BCUT2D eigenvalue weighted by molar-refractivity contribution is 5.33. The maximum atomic E-state index is 11.0. The Morgan fingerprint density at radius 1 is 1.32 bits per heavy atom. The summed E-state index contributed by atoms with van der Waals surface area (Å²) < 4.78 is 5.60. The van der Waals surface area contributed by atoms with Crippen molar-refractivity contribution in [3.05, 3.63) is 29.8 Å². The van der Waals surface area contributed by atoms with Crippen LogP contribution < -0.4 is 4.74 Å². The van der Waals surface area contributed by atoms with E-state index in [1.54, 1.807) is 0 Å². The van der Waals surface area contributed by atoms with Crippen LogP contribution in [0.25, 0.3) is 0 Å². The first-order chi connectivity index (χ1) is 9.24. The molecule has 2 atom stereocenters. The van der Waals surface area contributed by atoms with Crippen LogP contribution in [-0.2, 0) is 5.60 Å². The third-order valence-corrected chi connectivity index (χ3v) is 4.52. The largest absolute Gasteiger partial charge is 0.494 e. The van der Waals surface area contributed by atoms with Crippen molar-refractivity contribution in [2.45, 2.75) is 44.2 Å². The van der Waals surface area contributed by atoms with E-state index in [0.29, 0.717) is 6.04 Å². The van der Waals surface area contributed by atoms with E-state index in [2.05, 4.69) is 11.8 Å². The fraction of sp³-hybridized carbons (Fsp3) is 0.625. The van der Waals surface area contributed by atoms with E-state index < -0.39 is 5.60 Å². The SMILES string of the molecule is CCCOc1ccc(C2(O)CCN3CCCC32)cc1. The van der Waals surface area contributed by atoms with Crippen LogP contribution in [0.15, 0.2) is 24.3 Å². The lowest BCUT2D eigenvalue weighted by Crippen LogP contribution is -2.38. The number of hydrogen-bond donors (Lipinski definition) is 1. The van der Waals surface area contributed by atoms with Crippen LogP contribution >= 0.6 is 0 Å². The van der Waals surface area contributed by atoms with Gasteiger partial charge in [0.25, 0.3) is 0 Å². The van der Waals surface area contributed by atoms with E-state index in [1.165, 1.54) is 6.42 Å². The van der Waals surface area contributed by atoms with Crippen molar-refractivity contribution in [1.82, 2.24) is 4.90 Å². The van der Waals surface area contributed by atoms with Gasteiger partial charge < -0.3 is 9.84 Å². The summed E-state index contributed by atoms with van der Waals surface area (Å²) in [4.78, 5) is 2.43. The summed E-state index contributed by atoms with van der Waals surface area (Å²) in [5, 5.41) is 11.0. The molecular formula is C16H23NO2. The highest BCUT2D eigenvalue weighted by Gasteiger charge is 2.48. The molecule has 0 spiro atoms. The van der Waals surface area contributed by atoms with Gasteiger partial charge in [0.1, 0.15) is 11.4 Å². The average molecular weight is 261 g/mol. The Morgan fingerprint density at radius 2 is 2.11 bits per heavy atom. The number of hydrogen-bond acceptors (Lipinski definition) is 3. The smallest absolute Gasteiger partial charge is 0.119 e. The lowest BCUT2D eigenvalue weighted by molar-refractivity contribution is 0.00934. The molecule has 0 radical (unpaired) electrons. The minimum absolute atomic E-state index is 0.315. The molecule has 2 heterocycles. The van der Waals surface area contributed by atoms with Crippen molar-refractivity contribution >= 4 is 0 Å². The molecule has 104 valence electrons. The van der Waals surface area contributed by atoms with E-state index in [0.717, 1.165) is 50.3 Å². The number of aliphatic hydroxyl groups is 1. The zero-order valence-corrected chi connectivity index (χ0v) is 11.6. The van der Waals surface area contributed by atoms with Gasteiger partial charge in [0.2, 0.25) is 0 Å². The number of ether oxygens (including phenoxy) is 1. The van der Waals surface area contributed by atoms with Crippen LogP contribution in [0, 0.1) is 0 Å². The number of fused-ring (bicyclic) bond motifs is 1. The molecule has 2 aliphatic rings. The van der Waals surface area contributed by atoms with Crippen molar-refractivity contribution in [2.24, 2.45) is 0 Å². The highest BCUT2D eigenvalue weighted by atomic mass is 16.5. The molecule has 3 heteroatoms. The third kappa shape index (κ3) is 2.26. The fourth-order valence-electron chi connectivity index (χ4n) is 3.51. The minimum atomic E-state index is -0.653. The maximum absolute atomic E-state index is 11.0. The van der Waals surface area contributed by atoms with Gasteiger partial charge >= 0.3 is 0 Å². The number of rotatable bonds is 4. The van der Waals surface area contributed by atoms with E-state index in [4.69, 9.17) is 4.74 Å². The molecule has 0 saturated carbocycles. The molecular weight excluding hydrogens is 238 g/mol. The first-order valence-electron chi connectivity index (χ1n) is 7.44. The van der Waals surface area contributed by atoms with Crippen molar-refractivity contribution in [3.8, 4) is 5.75 Å². The fourth-order valence-corrected chi connectivity index (χ4v) is 3.51. The summed E-state index contributed by atoms with van der Waals surface area (Å²) in [6, 6.07) is 8.36. The zero-order chi connectivity index (χ0) is 13.3. The summed E-state index contributed by atoms with van der Waals surface area (Å²) in [6.45, 7) is 5.02. The molecule has 1 aromatic rings. The molecule has 2 unspecified atom stereocenters. The Hall–Kier alpha value is -1.06. The Labute approximate surface area is 115 Å². The van der Waals surface area contributed by atoms with Crippen molar-refractivity contribution in [2.75, 3.05) is 19.7 Å². The van der Waals surface area contributed by atoms with Crippen LogP contribution in [0.4, 0.5) is 0 Å². The van der Waals surface area contributed by atoms with Crippen LogP contribution in [0.5, 0.6) is 5.75 Å². The standard InChI is InChI=1S/C16H23NO2/c1-2-12-19-14-7-5-13(6-8-14)16(18)9-11-17-10-3-4-15(16)17/h5-8,15,18H,2-4,9-12H2,1H3. The molecule has 2 fully saturated rings. The molecule has 0 aromatic heterocycles. The molecule has 2 aliphatic heterocycles. The van der Waals surface area contributed by atoms with Crippen molar-refractivity contribution in [1.29, 1.82) is 0 Å². The van der Waals surface area contributed by atoms with Gasteiger partial charge in [-0.25, -0.2) is 0 Å². The second-order valence-electron chi connectivity index (χ2n) is 5.74. The summed E-state index contributed by atoms with van der Waals surface area (Å²) in [6.07, 6.45) is 4.20. The molecule has 3 nitrogen and oxygen atoms in total. The van der Waals surface area contributed by atoms with Gasteiger partial charge in [-0.3, -0.25) is 4.90 Å². The van der Waals surface area contributed by atoms with Gasteiger partial charge in [-0.1, -0.05) is 19.1 Å². The Bertz CT molecular complexity index is 431. The van der Waals surface area contributed by atoms with Gasteiger partial charge in [-0.05, 0) is 49.9 Å². The second-order valence-corrected chi connectivity index (χ2v) is 5.74. The summed E-state index contributed by atoms with van der Waals surface area (Å²) in [5.41, 5.74) is 0.394. The molecule has 0 aliphatic carbocycles. The van der Waals surface area contributed by atoms with Crippen LogP contribution in [0.3, 0.4) is 0 Å². The van der Waals surface area contributed by atoms with E-state index in [1.807, 2.05) is 24.3 Å². The number of nitrogens with zero attached hydrogens (tertiary/aromatic N) is 1. The van der Waals surface area contributed by atoms with Crippen LogP contribution in [0.1, 0.15) is 38.2 Å². The van der Waals surface area contributed by atoms with Gasteiger partial charge in [0, 0.05) is 12.6 Å². The van der Waals surface area contributed by atoms with Crippen LogP contribution in [0.2, 0.25) is 0 Å². The molecule has 3 rings (SSSR count). The summed E-state index contributed by atoms with van der Waals surface area (Å²) in [7, 11) is 0. The minimum Gasteiger partial charge on any atom is -0.494 e. The van der Waals surface area contributed by atoms with Crippen LogP contribution in [-0.4, -0.2) is 35.7 Å². The number of benzene rings is 1. The Morgan fingerprint density at radius 3 is 2.84 bits per heavy atom. The lowest BCUT2D eigenvalue weighted by Gasteiger charge is -2.30. The van der Waals surface area contributed by atoms with Gasteiger partial charge in [-0.15, -0.1) is 0 Å². The zero-order valence-electron chi connectivity index (χ0n) is 11.6. The predicted molar refractivity (Wildman–Crippen MR) is 75.3 cm³/mol. The molecule has 2 saturated heterocycles. The average Bonchev–Trinajstić information content (AvgIpc) is 3.02. The molecule has 1 aromatic carbocycles. The third-order valence-electron chi connectivity index (χ3n) is 4.52. The Balaban J connectivity index is 1.78.